The van der Waals surface area contributed by atoms with Crippen molar-refractivity contribution in [3.8, 4) is 0 Å². The number of carbonyl (C=O) groups excluding carboxylic acids is 2. The summed E-state index contributed by atoms with van der Waals surface area (Å²) in [6, 6.07) is 14.8. The number of esters is 1. The van der Waals surface area contributed by atoms with Crippen LogP contribution in [0.25, 0.3) is 0 Å². The number of nitro benzene ring substituents is 1. The Morgan fingerprint density at radius 1 is 1.07 bits per heavy atom. The van der Waals surface area contributed by atoms with Gasteiger partial charge in [0.15, 0.2) is 6.61 Å². The van der Waals surface area contributed by atoms with Crippen molar-refractivity contribution in [1.29, 1.82) is 0 Å². The van der Waals surface area contributed by atoms with Gasteiger partial charge in [0.1, 0.15) is 5.56 Å². The van der Waals surface area contributed by atoms with Gasteiger partial charge in [-0.25, -0.2) is 4.79 Å². The van der Waals surface area contributed by atoms with E-state index in [-0.39, 0.29) is 11.3 Å². The van der Waals surface area contributed by atoms with Gasteiger partial charge in [-0.2, -0.15) is 0 Å². The normalized spacial score (nSPS) is 10.3. The molecule has 0 aliphatic rings. The lowest BCUT2D eigenvalue weighted by Crippen LogP contribution is -2.36. The van der Waals surface area contributed by atoms with E-state index in [1.165, 1.54) is 36.3 Å². The van der Waals surface area contributed by atoms with E-state index in [9.17, 15) is 19.7 Å². The molecule has 2 aromatic carbocycles. The maximum atomic E-state index is 12.5. The second-order valence-corrected chi connectivity index (χ2v) is 5.64. The fourth-order valence-corrected chi connectivity index (χ4v) is 2.40. The monoisotopic (exact) mass is 372 g/mol. The molecule has 0 spiro atoms. The van der Waals surface area contributed by atoms with Gasteiger partial charge in [-0.1, -0.05) is 42.5 Å². The number of nitrogens with zero attached hydrogens (tertiary/aromatic N) is 2. The number of nitro groups is 1. The van der Waals surface area contributed by atoms with E-state index >= 15 is 0 Å². The zero-order chi connectivity index (χ0) is 19.6. The van der Waals surface area contributed by atoms with Crippen molar-refractivity contribution in [3.63, 3.8) is 0 Å². The number of methoxy groups -OCH3 is 1. The molecule has 0 heterocycles. The van der Waals surface area contributed by atoms with Gasteiger partial charge in [0.2, 0.25) is 0 Å². The average Bonchev–Trinajstić information content (AvgIpc) is 2.69. The largest absolute Gasteiger partial charge is 0.452 e. The lowest BCUT2D eigenvalue weighted by Gasteiger charge is -2.22. The highest BCUT2D eigenvalue weighted by Crippen LogP contribution is 2.18. The van der Waals surface area contributed by atoms with Gasteiger partial charge in [0, 0.05) is 26.3 Å². The minimum absolute atomic E-state index is 0.193. The van der Waals surface area contributed by atoms with Crippen molar-refractivity contribution < 1.29 is 24.0 Å². The van der Waals surface area contributed by atoms with Gasteiger partial charge in [0.25, 0.3) is 11.6 Å². The van der Waals surface area contributed by atoms with Crippen molar-refractivity contribution in [1.82, 2.24) is 4.90 Å². The number of para-hydroxylation sites is 1. The number of ether oxygens (including phenoxy) is 2. The molecule has 0 aromatic heterocycles. The Kier molecular flexibility index (Phi) is 7.45. The first-order valence-corrected chi connectivity index (χ1v) is 8.24. The van der Waals surface area contributed by atoms with Crippen LogP contribution in [0.2, 0.25) is 0 Å². The van der Waals surface area contributed by atoms with E-state index in [0.29, 0.717) is 19.7 Å². The van der Waals surface area contributed by atoms with Crippen LogP contribution in [0.3, 0.4) is 0 Å². The molecule has 0 fully saturated rings. The van der Waals surface area contributed by atoms with Crippen LogP contribution in [0.1, 0.15) is 15.9 Å². The highest BCUT2D eigenvalue weighted by Gasteiger charge is 2.22. The van der Waals surface area contributed by atoms with Crippen LogP contribution in [0.15, 0.2) is 54.6 Å². The summed E-state index contributed by atoms with van der Waals surface area (Å²) in [6.07, 6.45) is 0. The van der Waals surface area contributed by atoms with Crippen LogP contribution in [-0.4, -0.2) is 48.6 Å². The van der Waals surface area contributed by atoms with Crippen LogP contribution in [0, 0.1) is 10.1 Å². The Labute approximate surface area is 156 Å². The summed E-state index contributed by atoms with van der Waals surface area (Å²) < 4.78 is 10.0. The summed E-state index contributed by atoms with van der Waals surface area (Å²) >= 11 is 0. The predicted molar refractivity (Wildman–Crippen MR) is 97.1 cm³/mol. The van der Waals surface area contributed by atoms with E-state index in [1.807, 2.05) is 30.3 Å². The number of amides is 1. The molecule has 0 aliphatic carbocycles. The van der Waals surface area contributed by atoms with Gasteiger partial charge >= 0.3 is 5.97 Å². The highest BCUT2D eigenvalue weighted by atomic mass is 16.6. The predicted octanol–water partition coefficient (Wildman–Crippen LogP) is 2.43. The Morgan fingerprint density at radius 3 is 2.41 bits per heavy atom. The molecule has 0 saturated heterocycles. The zero-order valence-electron chi connectivity index (χ0n) is 14.9. The first-order valence-electron chi connectivity index (χ1n) is 8.24. The van der Waals surface area contributed by atoms with Crippen molar-refractivity contribution in [2.24, 2.45) is 0 Å². The van der Waals surface area contributed by atoms with Crippen LogP contribution < -0.4 is 0 Å². The zero-order valence-corrected chi connectivity index (χ0v) is 14.9. The molecule has 0 aliphatic heterocycles. The van der Waals surface area contributed by atoms with E-state index in [0.717, 1.165) is 5.56 Å². The molecule has 142 valence electrons. The van der Waals surface area contributed by atoms with Gasteiger partial charge in [-0.15, -0.1) is 0 Å². The molecule has 0 bridgehead atoms. The Bertz CT molecular complexity index is 794. The minimum atomic E-state index is -0.915. The van der Waals surface area contributed by atoms with Crippen molar-refractivity contribution in [3.05, 3.63) is 75.8 Å². The summed E-state index contributed by atoms with van der Waals surface area (Å²) in [7, 11) is 1.53. The van der Waals surface area contributed by atoms with Crippen LogP contribution in [-0.2, 0) is 20.8 Å². The number of hydrogen-bond donors (Lipinski definition) is 0. The fourth-order valence-electron chi connectivity index (χ4n) is 2.40. The third kappa shape index (κ3) is 5.89. The first kappa shape index (κ1) is 20.1. The summed E-state index contributed by atoms with van der Waals surface area (Å²) in [5.74, 6) is -1.33. The average molecular weight is 372 g/mol. The van der Waals surface area contributed by atoms with Crippen LogP contribution in [0.5, 0.6) is 0 Å². The molecule has 0 unspecified atom stereocenters. The molecule has 8 nitrogen and oxygen atoms in total. The molecule has 0 saturated carbocycles. The highest BCUT2D eigenvalue weighted by molar-refractivity contribution is 5.95. The first-order chi connectivity index (χ1) is 13.0. The Balaban J connectivity index is 2.02. The number of rotatable bonds is 9. The van der Waals surface area contributed by atoms with E-state index in [2.05, 4.69) is 0 Å². The van der Waals surface area contributed by atoms with E-state index in [4.69, 9.17) is 9.47 Å². The number of benzene rings is 2. The topological polar surface area (TPSA) is 99.0 Å². The molecule has 2 aromatic rings. The van der Waals surface area contributed by atoms with Gasteiger partial charge in [0.05, 0.1) is 11.5 Å². The lowest BCUT2D eigenvalue weighted by atomic mass is 10.2. The van der Waals surface area contributed by atoms with Crippen molar-refractivity contribution >= 4 is 17.6 Å². The second-order valence-electron chi connectivity index (χ2n) is 5.64. The third-order valence-electron chi connectivity index (χ3n) is 3.78. The molecule has 1 amide bonds. The van der Waals surface area contributed by atoms with E-state index in [1.54, 1.807) is 0 Å². The van der Waals surface area contributed by atoms with Crippen LogP contribution in [0.4, 0.5) is 5.69 Å². The molecule has 8 heteroatoms. The smallest absolute Gasteiger partial charge is 0.345 e. The van der Waals surface area contributed by atoms with E-state index < -0.39 is 23.4 Å². The van der Waals surface area contributed by atoms with Gasteiger partial charge in [-0.05, 0) is 11.6 Å². The minimum Gasteiger partial charge on any atom is -0.452 e. The lowest BCUT2D eigenvalue weighted by molar-refractivity contribution is -0.385. The fraction of sp³-hybridized carbons (Fsp3) is 0.263. The van der Waals surface area contributed by atoms with Gasteiger partial charge < -0.3 is 14.4 Å². The summed E-state index contributed by atoms with van der Waals surface area (Å²) in [6.45, 7) is 0.484. The molecular weight excluding hydrogens is 352 g/mol. The van der Waals surface area contributed by atoms with Gasteiger partial charge in [-0.3, -0.25) is 14.9 Å². The van der Waals surface area contributed by atoms with Crippen molar-refractivity contribution in [2.75, 3.05) is 26.9 Å². The Morgan fingerprint density at radius 2 is 1.74 bits per heavy atom. The summed E-state index contributed by atoms with van der Waals surface area (Å²) in [5, 5.41) is 11.0. The number of hydrogen-bond acceptors (Lipinski definition) is 6. The molecule has 0 N–H and O–H groups in total. The molecule has 2 rings (SSSR count). The maximum absolute atomic E-state index is 12.5. The standard InChI is InChI=1S/C19H20N2O6/c1-26-12-11-20(13-15-7-3-2-4-8-15)18(22)14-27-19(23)16-9-5-6-10-17(16)21(24)25/h2-10H,11-14H2,1H3. The molecule has 27 heavy (non-hydrogen) atoms. The maximum Gasteiger partial charge on any atom is 0.345 e. The molecule has 0 atom stereocenters. The summed E-state index contributed by atoms with van der Waals surface area (Å²) in [5.41, 5.74) is 0.365. The molecule has 0 radical (unpaired) electrons. The number of carbonyl (C=O) groups is 2. The Hall–Kier alpha value is -3.26. The van der Waals surface area contributed by atoms with Crippen LogP contribution >= 0.6 is 0 Å². The summed E-state index contributed by atoms with van der Waals surface area (Å²) in [4.78, 5) is 36.5. The van der Waals surface area contributed by atoms with Crippen molar-refractivity contribution in [2.45, 2.75) is 6.54 Å². The second kappa shape index (κ2) is 10.0. The third-order valence-corrected chi connectivity index (χ3v) is 3.78. The SMILES string of the molecule is COCCN(Cc1ccccc1)C(=O)COC(=O)c1ccccc1[N+](=O)[O-]. The molecular formula is C19H20N2O6. The quantitative estimate of drug-likeness (QED) is 0.381.